The molecule has 4 aliphatic rings. The normalized spacial score (nSPS) is 31.4. The van der Waals surface area contributed by atoms with Crippen molar-refractivity contribution in [2.75, 3.05) is 20.2 Å². The summed E-state index contributed by atoms with van der Waals surface area (Å²) in [7, 11) is 1.42. The van der Waals surface area contributed by atoms with Crippen LogP contribution in [0.1, 0.15) is 51.0 Å². The number of rotatable bonds is 6. The second-order valence-electron chi connectivity index (χ2n) is 10.2. The van der Waals surface area contributed by atoms with Gasteiger partial charge in [0, 0.05) is 19.0 Å². The van der Waals surface area contributed by atoms with Gasteiger partial charge in [0.25, 0.3) is 0 Å². The highest BCUT2D eigenvalue weighted by Gasteiger charge is 2.61. The molecule has 1 aromatic rings. The maximum absolute atomic E-state index is 13.6. The van der Waals surface area contributed by atoms with Crippen LogP contribution in [0.3, 0.4) is 0 Å². The van der Waals surface area contributed by atoms with E-state index in [1.54, 1.807) is 12.1 Å². The van der Waals surface area contributed by atoms with Crippen LogP contribution in [0.4, 0.5) is 0 Å². The third kappa shape index (κ3) is 3.48. The largest absolute Gasteiger partial charge is 0.503 e. The van der Waals surface area contributed by atoms with Crippen LogP contribution in [0, 0.1) is 29.6 Å². The molecule has 0 spiro atoms. The third-order valence-electron chi connectivity index (χ3n) is 8.36. The van der Waals surface area contributed by atoms with E-state index >= 15 is 0 Å². The minimum absolute atomic E-state index is 0.0840. The van der Waals surface area contributed by atoms with Crippen LogP contribution in [0.5, 0.6) is 11.5 Å². The summed E-state index contributed by atoms with van der Waals surface area (Å²) in [6.07, 6.45) is 4.11. The number of phenols is 1. The predicted octanol–water partition coefficient (Wildman–Crippen LogP) is 3.51. The maximum atomic E-state index is 13.6. The number of hydrogen-bond acceptors (Lipinski definition) is 6. The summed E-state index contributed by atoms with van der Waals surface area (Å²) in [5, 5.41) is 10.4. The van der Waals surface area contributed by atoms with Gasteiger partial charge < -0.3 is 9.84 Å². The van der Waals surface area contributed by atoms with Gasteiger partial charge in [0.2, 0.25) is 23.6 Å². The van der Waals surface area contributed by atoms with Crippen LogP contribution < -0.4 is 4.74 Å². The lowest BCUT2D eigenvalue weighted by atomic mass is 9.57. The number of nitrogens with zero attached hydrogens (tertiary/aromatic N) is 2. The first-order valence-corrected chi connectivity index (χ1v) is 13.1. The molecule has 0 bridgehead atoms. The van der Waals surface area contributed by atoms with Crippen LogP contribution in [-0.4, -0.2) is 58.7 Å². The van der Waals surface area contributed by atoms with Crippen LogP contribution in [-0.2, 0) is 19.2 Å². The van der Waals surface area contributed by atoms with Gasteiger partial charge in [-0.1, -0.05) is 37.1 Å². The van der Waals surface area contributed by atoms with E-state index < -0.39 is 29.6 Å². The second kappa shape index (κ2) is 9.21. The van der Waals surface area contributed by atoms with Gasteiger partial charge in [0.05, 0.1) is 35.8 Å². The quantitative estimate of drug-likeness (QED) is 0.460. The minimum atomic E-state index is -0.632. The molecular formula is C27H31ClN2O6. The van der Waals surface area contributed by atoms with E-state index in [1.807, 2.05) is 19.9 Å². The van der Waals surface area contributed by atoms with Gasteiger partial charge in [-0.3, -0.25) is 29.0 Å². The molecule has 9 heteroatoms. The Bertz CT molecular complexity index is 1180. The predicted molar refractivity (Wildman–Crippen MR) is 131 cm³/mol. The first-order valence-electron chi connectivity index (χ1n) is 12.7. The number of allylic oxidation sites excluding steroid dienone is 2. The standard InChI is InChI=1S/C27H31ClN2O6/c1-4-8-29-24(32)15-7-6-14-16(21(15)26(29)34)12-17-22(27(35)30(9-5-2)25(17)33)20(14)13-10-18(28)23(31)19(11-13)36-3/h6,10-11,15-17,20-22,31H,4-5,7-9,12H2,1-3H3. The Labute approximate surface area is 215 Å². The van der Waals surface area contributed by atoms with Gasteiger partial charge >= 0.3 is 0 Å². The highest BCUT2D eigenvalue weighted by Crippen LogP contribution is 2.58. The van der Waals surface area contributed by atoms with Crippen molar-refractivity contribution in [3.63, 3.8) is 0 Å². The Balaban J connectivity index is 1.65. The highest BCUT2D eigenvalue weighted by atomic mass is 35.5. The summed E-state index contributed by atoms with van der Waals surface area (Å²) in [5.41, 5.74) is 1.56. The number of benzene rings is 1. The fourth-order valence-electron chi connectivity index (χ4n) is 6.91. The molecule has 2 saturated heterocycles. The van der Waals surface area contributed by atoms with E-state index in [2.05, 4.69) is 0 Å². The van der Waals surface area contributed by atoms with Gasteiger partial charge in [0.15, 0.2) is 11.5 Å². The molecule has 2 heterocycles. The number of phenolic OH excluding ortho intramolecular Hbond substituents is 1. The van der Waals surface area contributed by atoms with Crippen LogP contribution in [0.15, 0.2) is 23.8 Å². The molecular weight excluding hydrogens is 484 g/mol. The molecule has 1 N–H and O–H groups in total. The summed E-state index contributed by atoms with van der Waals surface area (Å²) >= 11 is 6.35. The molecule has 5 rings (SSSR count). The van der Waals surface area contributed by atoms with E-state index in [9.17, 15) is 24.3 Å². The topological polar surface area (TPSA) is 104 Å². The molecule has 6 atom stereocenters. The summed E-state index contributed by atoms with van der Waals surface area (Å²) in [4.78, 5) is 56.4. The van der Waals surface area contributed by atoms with Crippen molar-refractivity contribution in [3.05, 3.63) is 34.4 Å². The number of carbonyl (C=O) groups is 4. The van der Waals surface area contributed by atoms with Crippen LogP contribution in [0.25, 0.3) is 0 Å². The SMILES string of the molecule is CCCN1C(=O)C2CC=C3C(CC4C(=O)N(CCC)C(=O)C4C3c3cc(Cl)c(O)c(OC)c3)C2C1=O. The number of methoxy groups -OCH3 is 1. The van der Waals surface area contributed by atoms with Crippen molar-refractivity contribution in [2.45, 2.75) is 45.4 Å². The molecule has 2 aliphatic carbocycles. The molecule has 0 radical (unpaired) electrons. The fraction of sp³-hybridized carbons (Fsp3) is 0.556. The summed E-state index contributed by atoms with van der Waals surface area (Å²) in [6.45, 7) is 4.58. The van der Waals surface area contributed by atoms with E-state index in [0.29, 0.717) is 44.3 Å². The second-order valence-corrected chi connectivity index (χ2v) is 10.6. The van der Waals surface area contributed by atoms with Crippen molar-refractivity contribution in [2.24, 2.45) is 29.6 Å². The van der Waals surface area contributed by atoms with Crippen molar-refractivity contribution >= 4 is 35.2 Å². The van der Waals surface area contributed by atoms with E-state index in [-0.39, 0.29) is 46.1 Å². The number of imide groups is 2. The van der Waals surface area contributed by atoms with Gasteiger partial charge in [-0.15, -0.1) is 0 Å². The zero-order valence-corrected chi connectivity index (χ0v) is 21.5. The summed E-state index contributed by atoms with van der Waals surface area (Å²) in [6, 6.07) is 3.27. The molecule has 6 unspecified atom stereocenters. The molecule has 1 aromatic carbocycles. The average molecular weight is 515 g/mol. The highest BCUT2D eigenvalue weighted by molar-refractivity contribution is 6.32. The molecule has 8 nitrogen and oxygen atoms in total. The average Bonchev–Trinajstić information content (AvgIpc) is 3.25. The Morgan fingerprint density at radius 2 is 1.53 bits per heavy atom. The van der Waals surface area contributed by atoms with Gasteiger partial charge in [-0.25, -0.2) is 0 Å². The number of amides is 4. The molecule has 3 fully saturated rings. The van der Waals surface area contributed by atoms with Gasteiger partial charge in [-0.05, 0) is 49.3 Å². The number of aromatic hydroxyl groups is 1. The molecule has 36 heavy (non-hydrogen) atoms. The number of likely N-dealkylation sites (tertiary alicyclic amines) is 2. The molecule has 2 aliphatic heterocycles. The maximum Gasteiger partial charge on any atom is 0.234 e. The lowest BCUT2D eigenvalue weighted by Gasteiger charge is -2.44. The number of hydrogen-bond donors (Lipinski definition) is 1. The minimum Gasteiger partial charge on any atom is -0.503 e. The zero-order chi connectivity index (χ0) is 25.9. The van der Waals surface area contributed by atoms with Gasteiger partial charge in [0.1, 0.15) is 0 Å². The molecule has 192 valence electrons. The van der Waals surface area contributed by atoms with Gasteiger partial charge in [-0.2, -0.15) is 0 Å². The van der Waals surface area contributed by atoms with Crippen LogP contribution >= 0.6 is 11.6 Å². The Morgan fingerprint density at radius 1 is 0.917 bits per heavy atom. The van der Waals surface area contributed by atoms with E-state index in [1.165, 1.54) is 16.9 Å². The Kier molecular flexibility index (Phi) is 6.35. The Morgan fingerprint density at radius 3 is 2.14 bits per heavy atom. The lowest BCUT2D eigenvalue weighted by Crippen LogP contribution is -2.43. The summed E-state index contributed by atoms with van der Waals surface area (Å²) in [5.74, 6) is -3.80. The smallest absolute Gasteiger partial charge is 0.234 e. The number of halogens is 1. The fourth-order valence-corrected chi connectivity index (χ4v) is 7.13. The lowest BCUT2D eigenvalue weighted by molar-refractivity contribution is -0.142. The third-order valence-corrected chi connectivity index (χ3v) is 8.64. The van der Waals surface area contributed by atoms with Crippen molar-refractivity contribution in [1.82, 2.24) is 9.80 Å². The van der Waals surface area contributed by atoms with E-state index in [4.69, 9.17) is 16.3 Å². The number of ether oxygens (including phenoxy) is 1. The van der Waals surface area contributed by atoms with Crippen LogP contribution in [0.2, 0.25) is 5.02 Å². The zero-order valence-electron chi connectivity index (χ0n) is 20.7. The molecule has 1 saturated carbocycles. The Hall–Kier alpha value is -2.87. The molecule has 4 amide bonds. The van der Waals surface area contributed by atoms with Crippen molar-refractivity contribution in [3.8, 4) is 11.5 Å². The molecule has 0 aromatic heterocycles. The van der Waals surface area contributed by atoms with Crippen molar-refractivity contribution in [1.29, 1.82) is 0 Å². The van der Waals surface area contributed by atoms with E-state index in [0.717, 1.165) is 5.57 Å². The number of fused-ring (bicyclic) bond motifs is 4. The first kappa shape index (κ1) is 24.8. The first-order chi connectivity index (χ1) is 17.2. The summed E-state index contributed by atoms with van der Waals surface area (Å²) < 4.78 is 5.33. The van der Waals surface area contributed by atoms with Crippen molar-refractivity contribution < 1.29 is 29.0 Å². The number of carbonyl (C=O) groups excluding carboxylic acids is 4. The monoisotopic (exact) mass is 514 g/mol.